The van der Waals surface area contributed by atoms with Crippen molar-refractivity contribution >= 4 is 12.2 Å². The molecular weight excluding hydrogens is 352 g/mol. The molecule has 0 bridgehead atoms. The van der Waals surface area contributed by atoms with Crippen LogP contribution in [0, 0.1) is 0 Å². The highest BCUT2D eigenvalue weighted by atomic mass is 16.1. The summed E-state index contributed by atoms with van der Waals surface area (Å²) in [6.45, 7) is 1.83. The molecule has 0 heterocycles. The van der Waals surface area contributed by atoms with Gasteiger partial charge in [-0.1, -0.05) is 67.1 Å². The van der Waals surface area contributed by atoms with Crippen LogP contribution in [0.2, 0.25) is 0 Å². The molecule has 0 saturated carbocycles. The van der Waals surface area contributed by atoms with Crippen molar-refractivity contribution < 1.29 is 9.59 Å². The Labute approximate surface area is 166 Å². The van der Waals surface area contributed by atoms with Crippen molar-refractivity contribution in [3.8, 4) is 0 Å². The van der Waals surface area contributed by atoms with Gasteiger partial charge in [-0.2, -0.15) is 4.99 Å². The van der Waals surface area contributed by atoms with Crippen LogP contribution in [0.4, 0.5) is 0 Å². The van der Waals surface area contributed by atoms with E-state index in [1.54, 1.807) is 6.08 Å². The Morgan fingerprint density at radius 1 is 0.857 bits per heavy atom. The van der Waals surface area contributed by atoms with Crippen LogP contribution in [0.1, 0.15) is 36.8 Å². The number of nitrogens with one attached hydrogen (secondary N) is 1. The molecule has 1 unspecified atom stereocenters. The van der Waals surface area contributed by atoms with Crippen molar-refractivity contribution in [3.63, 3.8) is 0 Å². The summed E-state index contributed by atoms with van der Waals surface area (Å²) in [6, 6.07) is 19.9. The molecule has 0 fully saturated rings. The van der Waals surface area contributed by atoms with E-state index in [0.717, 1.165) is 31.2 Å². The molecule has 0 aliphatic rings. The van der Waals surface area contributed by atoms with E-state index in [9.17, 15) is 9.59 Å². The molecule has 2 aromatic carbocycles. The summed E-state index contributed by atoms with van der Waals surface area (Å²) in [5, 5.41) is 3.22. The zero-order valence-corrected chi connectivity index (χ0v) is 16.1. The monoisotopic (exact) mass is 380 g/mol. The van der Waals surface area contributed by atoms with Gasteiger partial charge in [-0.05, 0) is 30.4 Å². The van der Waals surface area contributed by atoms with Gasteiger partial charge < -0.3 is 5.73 Å². The minimum atomic E-state index is -0.206. The minimum Gasteiger partial charge on any atom is -0.326 e. The predicted molar refractivity (Wildman–Crippen MR) is 111 cm³/mol. The molecule has 2 rings (SSSR count). The maximum absolute atomic E-state index is 10.4. The van der Waals surface area contributed by atoms with Gasteiger partial charge in [-0.15, -0.1) is 0 Å². The number of hydrogen-bond donors (Lipinski definition) is 2. The lowest BCUT2D eigenvalue weighted by atomic mass is 10.1. The Balaban J connectivity index is 0.000000406. The summed E-state index contributed by atoms with van der Waals surface area (Å²) < 4.78 is 0. The summed E-state index contributed by atoms with van der Waals surface area (Å²) in [6.07, 6.45) is 6.41. The molecule has 148 valence electrons. The molecule has 0 saturated heterocycles. The van der Waals surface area contributed by atoms with Crippen LogP contribution >= 0.6 is 0 Å². The maximum atomic E-state index is 10.4. The first kappa shape index (κ1) is 23.2. The third-order valence-corrected chi connectivity index (χ3v) is 3.98. The Morgan fingerprint density at radius 3 is 2.04 bits per heavy atom. The van der Waals surface area contributed by atoms with Gasteiger partial charge in [0.2, 0.25) is 12.2 Å². The summed E-state index contributed by atoms with van der Waals surface area (Å²) in [4.78, 5) is 27.6. The molecule has 0 aromatic heterocycles. The van der Waals surface area contributed by atoms with Gasteiger partial charge in [0.05, 0.1) is 6.54 Å². The summed E-state index contributed by atoms with van der Waals surface area (Å²) in [7, 11) is 0. The highest BCUT2D eigenvalue weighted by molar-refractivity contribution is 5.33. The van der Waals surface area contributed by atoms with Crippen LogP contribution in [-0.2, 0) is 22.7 Å². The molecule has 28 heavy (non-hydrogen) atoms. The fraction of sp³-hybridized carbons (Fsp3) is 0.364. The number of nitrogens with two attached hydrogens (primary N) is 1. The number of unbranched alkanes of at least 4 members (excludes halogenated alkanes) is 2. The number of aliphatic imine (C=N–C) groups is 2. The first-order valence-corrected chi connectivity index (χ1v) is 9.42. The van der Waals surface area contributed by atoms with Gasteiger partial charge >= 0.3 is 0 Å². The highest BCUT2D eigenvalue weighted by Gasteiger charge is 2.05. The van der Waals surface area contributed by atoms with Gasteiger partial charge in [0.15, 0.2) is 0 Å². The lowest BCUT2D eigenvalue weighted by molar-refractivity contribution is 0.464. The molecule has 2 aromatic rings. The highest BCUT2D eigenvalue weighted by Crippen LogP contribution is 2.06. The molecule has 0 aliphatic carbocycles. The molecule has 0 amide bonds. The molecule has 6 heteroatoms. The normalized spacial score (nSPS) is 10.6. The fourth-order valence-electron chi connectivity index (χ4n) is 2.47. The van der Waals surface area contributed by atoms with E-state index in [4.69, 9.17) is 5.73 Å². The molecule has 0 aliphatic heterocycles. The van der Waals surface area contributed by atoms with E-state index in [1.807, 2.05) is 60.7 Å². The van der Waals surface area contributed by atoms with Crippen LogP contribution < -0.4 is 11.1 Å². The van der Waals surface area contributed by atoms with E-state index in [0.29, 0.717) is 19.6 Å². The van der Waals surface area contributed by atoms with Crippen molar-refractivity contribution in [2.45, 2.75) is 44.9 Å². The third-order valence-electron chi connectivity index (χ3n) is 3.98. The van der Waals surface area contributed by atoms with E-state index >= 15 is 0 Å². The summed E-state index contributed by atoms with van der Waals surface area (Å²) >= 11 is 0. The number of rotatable bonds is 11. The van der Waals surface area contributed by atoms with E-state index in [1.165, 1.54) is 11.6 Å². The van der Waals surface area contributed by atoms with Gasteiger partial charge in [0.1, 0.15) is 6.17 Å². The molecular formula is C22H28N4O2. The Bertz CT molecular complexity index is 725. The number of carbonyl (C=O) groups excluding carboxylic acids is 2. The van der Waals surface area contributed by atoms with Crippen LogP contribution in [0.5, 0.6) is 0 Å². The minimum absolute atomic E-state index is 0.206. The average molecular weight is 380 g/mol. The quantitative estimate of drug-likeness (QED) is 0.354. The summed E-state index contributed by atoms with van der Waals surface area (Å²) in [5.41, 5.74) is 7.69. The zero-order chi connectivity index (χ0) is 20.3. The number of nitrogens with zero attached hydrogens (tertiary/aromatic N) is 2. The van der Waals surface area contributed by atoms with Crippen molar-refractivity contribution in [2.24, 2.45) is 15.7 Å². The van der Waals surface area contributed by atoms with Crippen molar-refractivity contribution in [2.75, 3.05) is 6.54 Å². The van der Waals surface area contributed by atoms with Crippen molar-refractivity contribution in [3.05, 3.63) is 71.8 Å². The molecule has 6 nitrogen and oxygen atoms in total. The second-order valence-electron chi connectivity index (χ2n) is 6.11. The van der Waals surface area contributed by atoms with Crippen molar-refractivity contribution in [1.29, 1.82) is 0 Å². The second kappa shape index (κ2) is 16.3. The van der Waals surface area contributed by atoms with E-state index in [-0.39, 0.29) is 6.17 Å². The Kier molecular flexibility index (Phi) is 13.5. The lowest BCUT2D eigenvalue weighted by Gasteiger charge is -2.12. The fourth-order valence-corrected chi connectivity index (χ4v) is 2.47. The maximum Gasteiger partial charge on any atom is 0.236 e. The standard InChI is InChI=1S/C15H19N3O2.C7H9N/c19-12-16-10-6-2-5-9-15(18-13-20)17-11-14-7-3-1-4-8-14;8-6-7-4-2-1-3-5-7/h1,3-4,7-8,15,17H,2,5-6,9-11H2;1-5H,6,8H2. The van der Waals surface area contributed by atoms with Crippen LogP contribution in [-0.4, -0.2) is 24.9 Å². The summed E-state index contributed by atoms with van der Waals surface area (Å²) in [5.74, 6) is 0. The molecule has 0 spiro atoms. The number of isocyanates is 2. The molecule has 1 atom stereocenters. The van der Waals surface area contributed by atoms with Crippen LogP contribution in [0.15, 0.2) is 70.6 Å². The largest absolute Gasteiger partial charge is 0.326 e. The first-order valence-electron chi connectivity index (χ1n) is 9.42. The van der Waals surface area contributed by atoms with Crippen molar-refractivity contribution in [1.82, 2.24) is 5.32 Å². The average Bonchev–Trinajstić information content (AvgIpc) is 2.76. The van der Waals surface area contributed by atoms with Gasteiger partial charge in [-0.25, -0.2) is 14.6 Å². The number of benzene rings is 2. The van der Waals surface area contributed by atoms with Gasteiger partial charge in [0, 0.05) is 13.1 Å². The van der Waals surface area contributed by atoms with Crippen LogP contribution in [0.3, 0.4) is 0 Å². The van der Waals surface area contributed by atoms with Gasteiger partial charge in [-0.3, -0.25) is 5.32 Å². The zero-order valence-electron chi connectivity index (χ0n) is 16.1. The topological polar surface area (TPSA) is 96.9 Å². The first-order chi connectivity index (χ1) is 13.8. The Morgan fingerprint density at radius 2 is 1.50 bits per heavy atom. The molecule has 0 radical (unpaired) electrons. The van der Waals surface area contributed by atoms with E-state index < -0.39 is 0 Å². The van der Waals surface area contributed by atoms with E-state index in [2.05, 4.69) is 15.3 Å². The number of hydrogen-bond acceptors (Lipinski definition) is 6. The van der Waals surface area contributed by atoms with Crippen LogP contribution in [0.25, 0.3) is 0 Å². The predicted octanol–water partition coefficient (Wildman–Crippen LogP) is 3.48. The second-order valence-corrected chi connectivity index (χ2v) is 6.11. The molecule has 3 N–H and O–H groups in total. The van der Waals surface area contributed by atoms with Gasteiger partial charge in [0.25, 0.3) is 0 Å². The third kappa shape index (κ3) is 11.7. The lowest BCUT2D eigenvalue weighted by Crippen LogP contribution is -2.26. The SMILES string of the molecule is NCc1ccccc1.O=C=NCCCCCC(N=C=O)NCc1ccccc1. The Hall–Kier alpha value is -2.88. The smallest absolute Gasteiger partial charge is 0.236 e.